The van der Waals surface area contributed by atoms with Gasteiger partial charge < -0.3 is 0 Å². The lowest BCUT2D eigenvalue weighted by atomic mass is 9.50. The van der Waals surface area contributed by atoms with Crippen molar-refractivity contribution in [3.05, 3.63) is 0 Å². The third-order valence-corrected chi connectivity index (χ3v) is 13.9. The highest BCUT2D eigenvalue weighted by molar-refractivity contribution is 4.99. The molecule has 0 heteroatoms. The summed E-state index contributed by atoms with van der Waals surface area (Å²) in [6.07, 6.45) is 29.2. The van der Waals surface area contributed by atoms with Crippen molar-refractivity contribution < 1.29 is 0 Å². The Labute approximate surface area is 356 Å². The van der Waals surface area contributed by atoms with Crippen molar-refractivity contribution in [2.24, 2.45) is 76.4 Å². The molecule has 1 spiro atoms. The van der Waals surface area contributed by atoms with Crippen LogP contribution in [0.2, 0.25) is 0 Å². The Morgan fingerprint density at radius 2 is 0.648 bits per heavy atom. The second-order valence-electron chi connectivity index (χ2n) is 18.0. The Balaban J connectivity index is -0.0000000472. The van der Waals surface area contributed by atoms with Gasteiger partial charge in [0.25, 0.3) is 0 Å². The predicted octanol–water partition coefficient (Wildman–Crippen LogP) is 21.9. The van der Waals surface area contributed by atoms with Gasteiger partial charge in [-0.15, -0.1) is 0 Å². The third-order valence-electron chi connectivity index (χ3n) is 13.9. The van der Waals surface area contributed by atoms with Gasteiger partial charge in [-0.1, -0.05) is 224 Å². The van der Waals surface area contributed by atoms with Crippen LogP contribution in [0.25, 0.3) is 0 Å². The minimum atomic E-state index is 0. The van der Waals surface area contributed by atoms with Gasteiger partial charge in [0.1, 0.15) is 0 Å². The molecule has 2 unspecified atom stereocenters. The van der Waals surface area contributed by atoms with Crippen molar-refractivity contribution in [2.45, 2.75) is 281 Å². The largest absolute Gasteiger partial charge is 0.0776 e. The molecule has 7 saturated carbocycles. The minimum absolute atomic E-state index is 0. The van der Waals surface area contributed by atoms with Crippen LogP contribution in [0.4, 0.5) is 0 Å². The van der Waals surface area contributed by atoms with Crippen molar-refractivity contribution in [1.82, 2.24) is 0 Å². The maximum atomic E-state index is 2.41. The average Bonchev–Trinajstić information content (AvgIpc) is 2.71. The van der Waals surface area contributed by atoms with E-state index >= 15 is 0 Å². The normalized spacial score (nSPS) is 25.7. The standard InChI is InChI=1S/C12H22.C11H20.C10H18.C7H14.14CH4/c1-9(2)12-7-10-4-3-5-11(6-10)8-12;1-8(2)10-6-11(7-10)9-4-3-5-9;1-8(2)9-6-10(7-9)4-3-5-10;1-6(2)7-4-3-5-7;;;;;;;;;;;;;;/h9-12H,3-8H2,1-2H3;8-11H,3-7H2,1-2H3;8-9H,3-7H2,1-2H3;6-7H,3-5H2,1-2H3;14*1H4. The van der Waals surface area contributed by atoms with Crippen LogP contribution in [0.1, 0.15) is 281 Å². The van der Waals surface area contributed by atoms with Crippen molar-refractivity contribution in [3.8, 4) is 0 Å². The number of hydrogen-bond donors (Lipinski definition) is 0. The summed E-state index contributed by atoms with van der Waals surface area (Å²) in [5, 5.41) is 0. The third kappa shape index (κ3) is 23.4. The Hall–Kier alpha value is 0. The van der Waals surface area contributed by atoms with Gasteiger partial charge >= 0.3 is 0 Å². The molecule has 0 saturated heterocycles. The molecule has 0 aliphatic heterocycles. The zero-order valence-corrected chi connectivity index (χ0v) is 28.9. The van der Waals surface area contributed by atoms with Crippen LogP contribution in [0.15, 0.2) is 0 Å². The number of fused-ring (bicyclic) bond motifs is 2. The molecule has 54 heavy (non-hydrogen) atoms. The summed E-state index contributed by atoms with van der Waals surface area (Å²) in [7, 11) is 0. The summed E-state index contributed by atoms with van der Waals surface area (Å²) in [4.78, 5) is 0. The van der Waals surface area contributed by atoms with Crippen LogP contribution >= 0.6 is 0 Å². The van der Waals surface area contributed by atoms with E-state index in [-0.39, 0.29) is 104 Å². The van der Waals surface area contributed by atoms with Crippen molar-refractivity contribution in [2.75, 3.05) is 0 Å². The smallest absolute Gasteiger partial charge is 0.0292 e. The van der Waals surface area contributed by atoms with E-state index in [0.717, 1.165) is 76.4 Å². The van der Waals surface area contributed by atoms with Crippen LogP contribution in [0.5, 0.6) is 0 Å². The summed E-state index contributed by atoms with van der Waals surface area (Å²) in [6, 6.07) is 0. The second-order valence-corrected chi connectivity index (χ2v) is 18.0. The SMILES string of the molecule is C.C.C.C.C.C.C.C.C.C.C.C.C.C.CC(C)C1CC(C2CCC2)C1.CC(C)C1CC2(CCC2)C1.CC(C)C1CC2CCCC(C2)C1.CC(C)C1CCC1. The highest BCUT2D eigenvalue weighted by Gasteiger charge is 2.48. The fourth-order valence-corrected chi connectivity index (χ4v) is 9.59. The first-order chi connectivity index (χ1) is 19.0. The molecule has 0 aromatic carbocycles. The van der Waals surface area contributed by atoms with E-state index in [1.165, 1.54) is 38.5 Å². The number of rotatable bonds is 5. The van der Waals surface area contributed by atoms with Crippen LogP contribution in [-0.4, -0.2) is 0 Å². The summed E-state index contributed by atoms with van der Waals surface area (Å²) < 4.78 is 0. The van der Waals surface area contributed by atoms with Gasteiger partial charge in [0.05, 0.1) is 0 Å². The Morgan fingerprint density at radius 3 is 0.889 bits per heavy atom. The Bertz CT molecular complexity index is 676. The first kappa shape index (κ1) is 82.0. The maximum Gasteiger partial charge on any atom is -0.0292 e. The lowest BCUT2D eigenvalue weighted by Crippen LogP contribution is -2.44. The van der Waals surface area contributed by atoms with Gasteiger partial charge in [-0.3, -0.25) is 0 Å². The molecule has 7 rings (SSSR count). The zero-order valence-electron chi connectivity index (χ0n) is 28.9. The molecule has 0 heterocycles. The van der Waals surface area contributed by atoms with E-state index in [1.54, 1.807) is 83.5 Å². The highest BCUT2D eigenvalue weighted by Crippen LogP contribution is 2.60. The van der Waals surface area contributed by atoms with Gasteiger partial charge in [0, 0.05) is 0 Å². The van der Waals surface area contributed by atoms with E-state index in [4.69, 9.17) is 0 Å². The molecule has 0 N–H and O–H groups in total. The summed E-state index contributed by atoms with van der Waals surface area (Å²) >= 11 is 0. The van der Waals surface area contributed by atoms with Crippen LogP contribution < -0.4 is 0 Å². The molecule has 0 nitrogen and oxygen atoms in total. The van der Waals surface area contributed by atoms with Crippen molar-refractivity contribution in [1.29, 1.82) is 0 Å². The van der Waals surface area contributed by atoms with Crippen molar-refractivity contribution >= 4 is 0 Å². The molecule has 7 aliphatic carbocycles. The van der Waals surface area contributed by atoms with Crippen molar-refractivity contribution in [3.63, 3.8) is 0 Å². The molecule has 7 fully saturated rings. The molecule has 0 aromatic heterocycles. The fraction of sp³-hybridized carbons (Fsp3) is 1.00. The summed E-state index contributed by atoms with van der Waals surface area (Å²) in [5.74, 6) is 12.6. The van der Waals surface area contributed by atoms with E-state index in [2.05, 4.69) is 55.4 Å². The molecule has 0 radical (unpaired) electrons. The molecule has 2 bridgehead atoms. The summed E-state index contributed by atoms with van der Waals surface area (Å²) in [5.41, 5.74) is 0.898. The molecule has 346 valence electrons. The van der Waals surface area contributed by atoms with Crippen LogP contribution in [-0.2, 0) is 0 Å². The average molecular weight is 780 g/mol. The van der Waals surface area contributed by atoms with Gasteiger partial charge in [-0.25, -0.2) is 0 Å². The molecule has 0 amide bonds. The predicted molar refractivity (Wildman–Crippen MR) is 272 cm³/mol. The Morgan fingerprint density at radius 1 is 0.315 bits per heavy atom. The quantitative estimate of drug-likeness (QED) is 0.261. The lowest BCUT2D eigenvalue weighted by Gasteiger charge is -2.55. The highest BCUT2D eigenvalue weighted by atomic mass is 14.5. The van der Waals surface area contributed by atoms with Crippen LogP contribution in [0.3, 0.4) is 0 Å². The summed E-state index contributed by atoms with van der Waals surface area (Å²) in [6.45, 7) is 19.0. The van der Waals surface area contributed by atoms with Crippen LogP contribution in [0, 0.1) is 76.4 Å². The minimum Gasteiger partial charge on any atom is -0.0776 e. The van der Waals surface area contributed by atoms with Gasteiger partial charge in [-0.05, 0) is 134 Å². The van der Waals surface area contributed by atoms with E-state index in [9.17, 15) is 0 Å². The zero-order chi connectivity index (χ0) is 28.9. The topological polar surface area (TPSA) is 0 Å². The molecule has 0 aromatic rings. The van der Waals surface area contributed by atoms with E-state index in [0.29, 0.717) is 0 Å². The first-order valence-corrected chi connectivity index (χ1v) is 19.0. The van der Waals surface area contributed by atoms with Gasteiger partial charge in [0.15, 0.2) is 0 Å². The lowest BCUT2D eigenvalue weighted by molar-refractivity contribution is -0.0435. The second kappa shape index (κ2) is 38.5. The molecule has 7 aliphatic rings. The van der Waals surface area contributed by atoms with E-state index in [1.807, 2.05) is 0 Å². The van der Waals surface area contributed by atoms with Gasteiger partial charge in [0.2, 0.25) is 0 Å². The first-order valence-electron chi connectivity index (χ1n) is 19.0. The Kier molecular flexibility index (Phi) is 58.5. The number of hydrogen-bond acceptors (Lipinski definition) is 0. The fourth-order valence-electron chi connectivity index (χ4n) is 9.59. The van der Waals surface area contributed by atoms with Gasteiger partial charge in [-0.2, -0.15) is 0 Å². The monoisotopic (exact) mass is 779 g/mol. The molecular weight excluding hydrogens is 649 g/mol. The maximum absolute atomic E-state index is 2.41. The van der Waals surface area contributed by atoms with E-state index < -0.39 is 0 Å². The molecule has 2 atom stereocenters. The molecular formula is C54H130.